The molecule has 4 nitrogen and oxygen atoms in total. The molecule has 100 valence electrons. The molecule has 19 heavy (non-hydrogen) atoms. The van der Waals surface area contributed by atoms with Crippen LogP contribution in [0.15, 0.2) is 24.3 Å². The average Bonchev–Trinajstić information content (AvgIpc) is 2.43. The van der Waals surface area contributed by atoms with E-state index in [2.05, 4.69) is 4.98 Å². The molecule has 0 saturated carbocycles. The molecule has 0 radical (unpaired) electrons. The minimum absolute atomic E-state index is 0.326. The first-order chi connectivity index (χ1) is 9.17. The van der Waals surface area contributed by atoms with Gasteiger partial charge in [-0.15, -0.1) is 0 Å². The van der Waals surface area contributed by atoms with E-state index in [0.29, 0.717) is 23.9 Å². The molecule has 0 spiro atoms. The zero-order chi connectivity index (χ0) is 13.8. The number of rotatable bonds is 5. The quantitative estimate of drug-likeness (QED) is 0.863. The molecule has 0 aliphatic rings. The lowest BCUT2D eigenvalue weighted by Crippen LogP contribution is -2.06. The third-order valence-electron chi connectivity index (χ3n) is 3.22. The summed E-state index contributed by atoms with van der Waals surface area (Å²) in [6, 6.07) is 7.36. The molecule has 1 aromatic heterocycles. The number of aryl methyl sites for hydroxylation is 2. The van der Waals surface area contributed by atoms with Crippen LogP contribution in [0, 0.1) is 0 Å². The number of aromatic carboxylic acids is 1. The average molecular weight is 258 g/mol. The molecule has 3 N–H and O–H groups in total. The van der Waals surface area contributed by atoms with Crippen LogP contribution >= 0.6 is 0 Å². The van der Waals surface area contributed by atoms with E-state index in [1.807, 2.05) is 25.1 Å². The fraction of sp³-hybridized carbons (Fsp3) is 0.333. The normalized spacial score (nSPS) is 10.8. The Balaban J connectivity index is 2.65. The van der Waals surface area contributed by atoms with Crippen LogP contribution in [0.4, 0.5) is 0 Å². The van der Waals surface area contributed by atoms with E-state index >= 15 is 0 Å². The van der Waals surface area contributed by atoms with Crippen molar-refractivity contribution in [2.75, 3.05) is 6.54 Å². The summed E-state index contributed by atoms with van der Waals surface area (Å²) in [4.78, 5) is 16.0. The maximum atomic E-state index is 11.4. The van der Waals surface area contributed by atoms with Gasteiger partial charge in [0.25, 0.3) is 0 Å². The molecule has 2 aromatic rings. The van der Waals surface area contributed by atoms with Crippen molar-refractivity contribution in [1.29, 1.82) is 0 Å². The Labute approximate surface area is 112 Å². The Morgan fingerprint density at radius 1 is 1.42 bits per heavy atom. The summed E-state index contributed by atoms with van der Waals surface area (Å²) >= 11 is 0. The smallest absolute Gasteiger partial charge is 0.336 e. The number of fused-ring (bicyclic) bond motifs is 1. The maximum absolute atomic E-state index is 11.4. The zero-order valence-corrected chi connectivity index (χ0v) is 11.0. The van der Waals surface area contributed by atoms with E-state index in [9.17, 15) is 9.90 Å². The number of carboxylic acid groups (broad SMARTS) is 1. The number of hydrogen-bond acceptors (Lipinski definition) is 3. The molecule has 4 heteroatoms. The van der Waals surface area contributed by atoms with Crippen molar-refractivity contribution in [1.82, 2.24) is 4.98 Å². The Kier molecular flexibility index (Phi) is 4.12. The molecule has 2 rings (SSSR count). The number of carbonyl (C=O) groups is 1. The fourth-order valence-electron chi connectivity index (χ4n) is 2.23. The van der Waals surface area contributed by atoms with E-state index < -0.39 is 5.97 Å². The van der Waals surface area contributed by atoms with Gasteiger partial charge in [-0.1, -0.05) is 25.1 Å². The van der Waals surface area contributed by atoms with Crippen LogP contribution in [-0.2, 0) is 12.8 Å². The third kappa shape index (κ3) is 2.74. The molecule has 0 saturated heterocycles. The molecule has 0 fully saturated rings. The lowest BCUT2D eigenvalue weighted by Gasteiger charge is -2.09. The van der Waals surface area contributed by atoms with Crippen LogP contribution < -0.4 is 5.73 Å². The summed E-state index contributed by atoms with van der Waals surface area (Å²) in [7, 11) is 0. The summed E-state index contributed by atoms with van der Waals surface area (Å²) in [6.07, 6.45) is 2.36. The largest absolute Gasteiger partial charge is 0.478 e. The number of aromatic nitrogens is 1. The van der Waals surface area contributed by atoms with Crippen LogP contribution in [0.25, 0.3) is 10.9 Å². The Morgan fingerprint density at radius 3 is 2.84 bits per heavy atom. The lowest BCUT2D eigenvalue weighted by atomic mass is 10.0. The SMILES string of the molecule is CCc1cccc2c(C(=O)O)cc(CCCN)nc12. The molecule has 0 aliphatic carbocycles. The molecule has 1 aromatic carbocycles. The van der Waals surface area contributed by atoms with Crippen LogP contribution in [0.1, 0.15) is 35.0 Å². The fourth-order valence-corrected chi connectivity index (χ4v) is 2.23. The summed E-state index contributed by atoms with van der Waals surface area (Å²) < 4.78 is 0. The van der Waals surface area contributed by atoms with Gasteiger partial charge in [0, 0.05) is 11.1 Å². The van der Waals surface area contributed by atoms with Gasteiger partial charge in [0.15, 0.2) is 0 Å². The van der Waals surface area contributed by atoms with Gasteiger partial charge in [-0.05, 0) is 37.4 Å². The van der Waals surface area contributed by atoms with Crippen LogP contribution in [0.2, 0.25) is 0 Å². The van der Waals surface area contributed by atoms with Crippen molar-refractivity contribution in [3.05, 3.63) is 41.1 Å². The highest BCUT2D eigenvalue weighted by Crippen LogP contribution is 2.23. The number of para-hydroxylation sites is 1. The van der Waals surface area contributed by atoms with E-state index in [1.54, 1.807) is 6.07 Å². The molecule has 0 amide bonds. The predicted molar refractivity (Wildman–Crippen MR) is 75.5 cm³/mol. The van der Waals surface area contributed by atoms with Crippen molar-refractivity contribution >= 4 is 16.9 Å². The molecular formula is C15H18N2O2. The zero-order valence-electron chi connectivity index (χ0n) is 11.0. The lowest BCUT2D eigenvalue weighted by molar-refractivity contribution is 0.0699. The highest BCUT2D eigenvalue weighted by Gasteiger charge is 2.13. The highest BCUT2D eigenvalue weighted by molar-refractivity contribution is 6.03. The predicted octanol–water partition coefficient (Wildman–Crippen LogP) is 2.39. The van der Waals surface area contributed by atoms with Gasteiger partial charge < -0.3 is 10.8 Å². The van der Waals surface area contributed by atoms with E-state index in [0.717, 1.165) is 29.6 Å². The number of nitrogens with two attached hydrogens (primary N) is 1. The Morgan fingerprint density at radius 2 is 2.21 bits per heavy atom. The first-order valence-electron chi connectivity index (χ1n) is 6.52. The number of hydrogen-bond donors (Lipinski definition) is 2. The van der Waals surface area contributed by atoms with Gasteiger partial charge in [-0.3, -0.25) is 4.98 Å². The van der Waals surface area contributed by atoms with Gasteiger partial charge in [0.1, 0.15) is 0 Å². The van der Waals surface area contributed by atoms with E-state index in [-0.39, 0.29) is 0 Å². The van der Waals surface area contributed by atoms with Crippen LogP contribution in [0.5, 0.6) is 0 Å². The molecule has 0 bridgehead atoms. The monoisotopic (exact) mass is 258 g/mol. The van der Waals surface area contributed by atoms with Crippen molar-refractivity contribution in [2.45, 2.75) is 26.2 Å². The van der Waals surface area contributed by atoms with Gasteiger partial charge in [-0.25, -0.2) is 4.79 Å². The first kappa shape index (κ1) is 13.5. The standard InChI is InChI=1S/C15H18N2O2/c1-2-10-5-3-7-12-13(15(18)19)9-11(6-4-8-16)17-14(10)12/h3,5,7,9H,2,4,6,8,16H2,1H3,(H,18,19). The third-order valence-corrected chi connectivity index (χ3v) is 3.22. The number of pyridine rings is 1. The van der Waals surface area contributed by atoms with E-state index in [1.165, 1.54) is 0 Å². The second-order valence-corrected chi connectivity index (χ2v) is 4.53. The number of benzene rings is 1. The molecule has 0 unspecified atom stereocenters. The van der Waals surface area contributed by atoms with Gasteiger partial charge in [0.2, 0.25) is 0 Å². The molecular weight excluding hydrogens is 240 g/mol. The Bertz CT molecular complexity index is 608. The second-order valence-electron chi connectivity index (χ2n) is 4.53. The van der Waals surface area contributed by atoms with E-state index in [4.69, 9.17) is 5.73 Å². The van der Waals surface area contributed by atoms with Gasteiger partial charge in [0.05, 0.1) is 11.1 Å². The maximum Gasteiger partial charge on any atom is 0.336 e. The van der Waals surface area contributed by atoms with Gasteiger partial charge in [-0.2, -0.15) is 0 Å². The summed E-state index contributed by atoms with van der Waals surface area (Å²) in [5, 5.41) is 10.1. The summed E-state index contributed by atoms with van der Waals surface area (Å²) in [6.45, 7) is 2.63. The minimum Gasteiger partial charge on any atom is -0.478 e. The number of carboxylic acids is 1. The van der Waals surface area contributed by atoms with Crippen molar-refractivity contribution in [2.24, 2.45) is 5.73 Å². The number of nitrogens with zero attached hydrogens (tertiary/aromatic N) is 1. The van der Waals surface area contributed by atoms with Crippen LogP contribution in [-0.4, -0.2) is 22.6 Å². The Hall–Kier alpha value is -1.94. The minimum atomic E-state index is -0.908. The van der Waals surface area contributed by atoms with Crippen molar-refractivity contribution in [3.63, 3.8) is 0 Å². The van der Waals surface area contributed by atoms with Crippen LogP contribution in [0.3, 0.4) is 0 Å². The molecule has 0 atom stereocenters. The van der Waals surface area contributed by atoms with Gasteiger partial charge >= 0.3 is 5.97 Å². The van der Waals surface area contributed by atoms with Crippen molar-refractivity contribution in [3.8, 4) is 0 Å². The highest BCUT2D eigenvalue weighted by atomic mass is 16.4. The molecule has 1 heterocycles. The summed E-state index contributed by atoms with van der Waals surface area (Å²) in [5.74, 6) is -0.908. The van der Waals surface area contributed by atoms with Crippen molar-refractivity contribution < 1.29 is 9.90 Å². The topological polar surface area (TPSA) is 76.2 Å². The summed E-state index contributed by atoms with van der Waals surface area (Å²) in [5.41, 5.74) is 8.51. The molecule has 0 aliphatic heterocycles. The first-order valence-corrected chi connectivity index (χ1v) is 6.52. The second kappa shape index (κ2) is 5.80.